The number of rotatable bonds is 7. The molecule has 2 heterocycles. The maximum Gasteiger partial charge on any atom is 0.254 e. The summed E-state index contributed by atoms with van der Waals surface area (Å²) in [7, 11) is 0. The SMILES string of the molecule is Cc1nc2cc(NC(=O)CCC3NC(=O)c4ccccc4NC3=O)ccc2n1CCc1ccccc1. The van der Waals surface area contributed by atoms with Gasteiger partial charge in [-0.05, 0) is 55.7 Å². The summed E-state index contributed by atoms with van der Waals surface area (Å²) in [6.45, 7) is 2.80. The monoisotopic (exact) mass is 481 g/mol. The Balaban J connectivity index is 1.20. The minimum absolute atomic E-state index is 0.0806. The number of carbonyl (C=O) groups excluding carboxylic acids is 3. The van der Waals surface area contributed by atoms with Crippen molar-refractivity contribution in [2.24, 2.45) is 0 Å². The van der Waals surface area contributed by atoms with Gasteiger partial charge in [-0.1, -0.05) is 42.5 Å². The fraction of sp³-hybridized carbons (Fsp3) is 0.214. The van der Waals surface area contributed by atoms with E-state index in [1.807, 2.05) is 43.3 Å². The number of aryl methyl sites for hydroxylation is 3. The Hall–Kier alpha value is -4.46. The van der Waals surface area contributed by atoms with Crippen LogP contribution in [-0.2, 0) is 22.6 Å². The first-order chi connectivity index (χ1) is 17.5. The van der Waals surface area contributed by atoms with Crippen molar-refractivity contribution in [2.75, 3.05) is 10.6 Å². The Kier molecular flexibility index (Phi) is 6.49. The molecule has 0 saturated heterocycles. The first-order valence-corrected chi connectivity index (χ1v) is 12.0. The number of nitrogens with one attached hydrogen (secondary N) is 3. The Morgan fingerprint density at radius 3 is 2.64 bits per heavy atom. The Morgan fingerprint density at radius 2 is 1.81 bits per heavy atom. The third-order valence-electron chi connectivity index (χ3n) is 6.40. The number of imidazole rings is 1. The van der Waals surface area contributed by atoms with Crippen LogP contribution >= 0.6 is 0 Å². The lowest BCUT2D eigenvalue weighted by Gasteiger charge is -2.14. The van der Waals surface area contributed by atoms with Gasteiger partial charge in [-0.3, -0.25) is 14.4 Å². The Morgan fingerprint density at radius 1 is 1.03 bits per heavy atom. The Labute approximate surface area is 208 Å². The number of hydrogen-bond acceptors (Lipinski definition) is 4. The van der Waals surface area contributed by atoms with Crippen molar-refractivity contribution in [1.82, 2.24) is 14.9 Å². The summed E-state index contributed by atoms with van der Waals surface area (Å²) < 4.78 is 2.18. The molecule has 1 aromatic heterocycles. The van der Waals surface area contributed by atoms with Crippen LogP contribution in [0.5, 0.6) is 0 Å². The molecular weight excluding hydrogens is 454 g/mol. The van der Waals surface area contributed by atoms with E-state index in [4.69, 9.17) is 0 Å². The van der Waals surface area contributed by atoms with Crippen molar-refractivity contribution in [3.05, 3.63) is 89.7 Å². The molecule has 4 aromatic rings. The van der Waals surface area contributed by atoms with Crippen LogP contribution in [0, 0.1) is 6.92 Å². The largest absolute Gasteiger partial charge is 0.340 e. The zero-order chi connectivity index (χ0) is 25.1. The van der Waals surface area contributed by atoms with Crippen LogP contribution < -0.4 is 16.0 Å². The number of para-hydroxylation sites is 1. The maximum absolute atomic E-state index is 12.6. The molecule has 8 nitrogen and oxygen atoms in total. The molecule has 1 atom stereocenters. The highest BCUT2D eigenvalue weighted by atomic mass is 16.2. The highest BCUT2D eigenvalue weighted by Gasteiger charge is 2.27. The van der Waals surface area contributed by atoms with Crippen molar-refractivity contribution in [3.8, 4) is 0 Å². The molecule has 3 N–H and O–H groups in total. The van der Waals surface area contributed by atoms with Crippen LogP contribution in [0.4, 0.5) is 11.4 Å². The molecule has 8 heteroatoms. The van der Waals surface area contributed by atoms with Gasteiger partial charge in [0.25, 0.3) is 5.91 Å². The van der Waals surface area contributed by atoms with E-state index in [9.17, 15) is 14.4 Å². The van der Waals surface area contributed by atoms with Gasteiger partial charge in [-0.15, -0.1) is 0 Å². The second-order valence-corrected chi connectivity index (χ2v) is 8.90. The lowest BCUT2D eigenvalue weighted by Crippen LogP contribution is -2.41. The summed E-state index contributed by atoms with van der Waals surface area (Å²) in [5, 5.41) is 8.36. The Bertz CT molecular complexity index is 1440. The number of carbonyl (C=O) groups is 3. The van der Waals surface area contributed by atoms with E-state index >= 15 is 0 Å². The molecule has 0 saturated carbocycles. The van der Waals surface area contributed by atoms with E-state index in [2.05, 4.69) is 37.6 Å². The standard InChI is InChI=1S/C28H27N5O3/c1-18-29-24-17-20(11-13-25(24)33(18)16-15-19-7-3-2-4-8-19)30-26(34)14-12-23-28(36)31-22-10-6-5-9-21(22)27(35)32-23/h2-11,13,17,23H,12,14-16H2,1H3,(H,30,34)(H,31,36)(H,32,35). The second kappa shape index (κ2) is 10.0. The zero-order valence-corrected chi connectivity index (χ0v) is 20.0. The quantitative estimate of drug-likeness (QED) is 0.370. The summed E-state index contributed by atoms with van der Waals surface area (Å²) in [6, 6.07) is 22.0. The number of amides is 3. The van der Waals surface area contributed by atoms with E-state index in [0.717, 1.165) is 29.8 Å². The predicted molar refractivity (Wildman–Crippen MR) is 139 cm³/mol. The lowest BCUT2D eigenvalue weighted by molar-refractivity contribution is -0.118. The van der Waals surface area contributed by atoms with E-state index in [1.165, 1.54) is 5.56 Å². The average molecular weight is 482 g/mol. The lowest BCUT2D eigenvalue weighted by atomic mass is 10.1. The van der Waals surface area contributed by atoms with Crippen molar-refractivity contribution < 1.29 is 14.4 Å². The predicted octanol–water partition coefficient (Wildman–Crippen LogP) is 4.06. The van der Waals surface area contributed by atoms with Crippen LogP contribution in [0.25, 0.3) is 11.0 Å². The highest BCUT2D eigenvalue weighted by Crippen LogP contribution is 2.22. The third kappa shape index (κ3) is 4.98. The van der Waals surface area contributed by atoms with Crippen molar-refractivity contribution in [1.29, 1.82) is 0 Å². The van der Waals surface area contributed by atoms with E-state index in [1.54, 1.807) is 24.3 Å². The van der Waals surface area contributed by atoms with Gasteiger partial charge in [0, 0.05) is 18.7 Å². The fourth-order valence-corrected chi connectivity index (χ4v) is 4.51. The first kappa shape index (κ1) is 23.3. The van der Waals surface area contributed by atoms with E-state index in [0.29, 0.717) is 16.9 Å². The molecule has 182 valence electrons. The topological polar surface area (TPSA) is 105 Å². The molecule has 1 aliphatic rings. The molecule has 0 radical (unpaired) electrons. The van der Waals surface area contributed by atoms with Gasteiger partial charge in [0.1, 0.15) is 11.9 Å². The molecule has 1 unspecified atom stereocenters. The maximum atomic E-state index is 12.6. The summed E-state index contributed by atoms with van der Waals surface area (Å²) in [4.78, 5) is 42.3. The number of nitrogens with zero attached hydrogens (tertiary/aromatic N) is 2. The van der Waals surface area contributed by atoms with Crippen LogP contribution in [-0.4, -0.2) is 33.3 Å². The van der Waals surface area contributed by atoms with Crippen LogP contribution in [0.2, 0.25) is 0 Å². The third-order valence-corrected chi connectivity index (χ3v) is 6.40. The average Bonchev–Trinajstić information content (AvgIpc) is 3.13. The number of fused-ring (bicyclic) bond motifs is 2. The van der Waals surface area contributed by atoms with E-state index in [-0.39, 0.29) is 30.6 Å². The first-order valence-electron chi connectivity index (χ1n) is 12.0. The molecule has 0 aliphatic carbocycles. The minimum Gasteiger partial charge on any atom is -0.340 e. The molecule has 0 bridgehead atoms. The fourth-order valence-electron chi connectivity index (χ4n) is 4.51. The molecule has 3 aromatic carbocycles. The van der Waals surface area contributed by atoms with Crippen molar-refractivity contribution in [3.63, 3.8) is 0 Å². The molecular formula is C28H27N5O3. The van der Waals surface area contributed by atoms with Gasteiger partial charge in [0.15, 0.2) is 0 Å². The molecule has 3 amide bonds. The molecule has 0 spiro atoms. The summed E-state index contributed by atoms with van der Waals surface area (Å²) in [5.41, 5.74) is 4.61. The molecule has 5 rings (SSSR count). The molecule has 1 aliphatic heterocycles. The summed E-state index contributed by atoms with van der Waals surface area (Å²) in [5.74, 6) is 0.0102. The zero-order valence-electron chi connectivity index (χ0n) is 20.0. The summed E-state index contributed by atoms with van der Waals surface area (Å²) >= 11 is 0. The van der Waals surface area contributed by atoms with Crippen LogP contribution in [0.1, 0.15) is 34.6 Å². The molecule has 36 heavy (non-hydrogen) atoms. The molecule has 0 fully saturated rings. The van der Waals surface area contributed by atoms with Gasteiger partial charge < -0.3 is 20.5 Å². The van der Waals surface area contributed by atoms with Gasteiger partial charge in [0.2, 0.25) is 11.8 Å². The number of benzene rings is 3. The van der Waals surface area contributed by atoms with Gasteiger partial charge >= 0.3 is 0 Å². The number of hydrogen-bond donors (Lipinski definition) is 3. The van der Waals surface area contributed by atoms with Gasteiger partial charge in [-0.25, -0.2) is 4.98 Å². The van der Waals surface area contributed by atoms with Crippen molar-refractivity contribution >= 4 is 40.1 Å². The number of aromatic nitrogens is 2. The van der Waals surface area contributed by atoms with Crippen LogP contribution in [0.3, 0.4) is 0 Å². The highest BCUT2D eigenvalue weighted by molar-refractivity contribution is 6.10. The number of anilines is 2. The van der Waals surface area contributed by atoms with Gasteiger partial charge in [-0.2, -0.15) is 0 Å². The van der Waals surface area contributed by atoms with Gasteiger partial charge in [0.05, 0.1) is 22.3 Å². The summed E-state index contributed by atoms with van der Waals surface area (Å²) in [6.07, 6.45) is 1.17. The second-order valence-electron chi connectivity index (χ2n) is 8.90. The van der Waals surface area contributed by atoms with Crippen LogP contribution in [0.15, 0.2) is 72.8 Å². The normalized spacial score (nSPS) is 15.1. The van der Waals surface area contributed by atoms with Crippen molar-refractivity contribution in [2.45, 2.75) is 38.8 Å². The smallest absolute Gasteiger partial charge is 0.254 e. The minimum atomic E-state index is -0.791. The van der Waals surface area contributed by atoms with E-state index < -0.39 is 6.04 Å².